The first-order valence-electron chi connectivity index (χ1n) is 8.27. The minimum absolute atomic E-state index is 0.134. The minimum Gasteiger partial charge on any atom is -0.306 e. The number of hydrogen-bond acceptors (Lipinski definition) is 3. The van der Waals surface area contributed by atoms with Crippen LogP contribution in [-0.2, 0) is 13.1 Å². The molecule has 0 saturated heterocycles. The van der Waals surface area contributed by atoms with Crippen molar-refractivity contribution >= 4 is 0 Å². The minimum atomic E-state index is 0.134. The van der Waals surface area contributed by atoms with Gasteiger partial charge in [-0.2, -0.15) is 0 Å². The molecule has 1 aliphatic rings. The first-order chi connectivity index (χ1) is 9.83. The van der Waals surface area contributed by atoms with E-state index >= 15 is 0 Å². The summed E-state index contributed by atoms with van der Waals surface area (Å²) in [5, 5.41) is 3.51. The summed E-state index contributed by atoms with van der Waals surface area (Å²) in [5.41, 5.74) is 2.48. The van der Waals surface area contributed by atoms with E-state index in [1.165, 1.54) is 25.1 Å². The topological polar surface area (TPSA) is 28.2 Å². The fraction of sp³-hybridized carbons (Fsp3) is 0.722. The maximum atomic E-state index is 4.83. The maximum Gasteiger partial charge on any atom is 0.0547 e. The Hall–Kier alpha value is -0.930. The van der Waals surface area contributed by atoms with Crippen molar-refractivity contribution in [2.24, 2.45) is 5.92 Å². The molecule has 1 fully saturated rings. The van der Waals surface area contributed by atoms with Crippen LogP contribution in [0.4, 0.5) is 0 Å². The monoisotopic (exact) mass is 289 g/mol. The smallest absolute Gasteiger partial charge is 0.0547 e. The highest BCUT2D eigenvalue weighted by Crippen LogP contribution is 2.28. The van der Waals surface area contributed by atoms with Crippen molar-refractivity contribution in [2.75, 3.05) is 6.54 Å². The van der Waals surface area contributed by atoms with E-state index in [0.717, 1.165) is 30.7 Å². The number of aromatic nitrogens is 1. The molecule has 0 aromatic carbocycles. The Labute approximate surface area is 130 Å². The zero-order valence-electron chi connectivity index (χ0n) is 14.3. The number of hydrogen-bond donors (Lipinski definition) is 1. The van der Waals surface area contributed by atoms with Gasteiger partial charge in [0.2, 0.25) is 0 Å². The normalized spacial score (nSPS) is 16.0. The van der Waals surface area contributed by atoms with Gasteiger partial charge in [-0.1, -0.05) is 19.9 Å². The zero-order valence-corrected chi connectivity index (χ0v) is 14.3. The maximum absolute atomic E-state index is 4.83. The number of nitrogens with one attached hydrogen (secondary N) is 1. The van der Waals surface area contributed by atoms with E-state index < -0.39 is 0 Å². The van der Waals surface area contributed by atoms with Crippen LogP contribution in [0.15, 0.2) is 18.2 Å². The van der Waals surface area contributed by atoms with Crippen molar-refractivity contribution < 1.29 is 0 Å². The van der Waals surface area contributed by atoms with E-state index in [2.05, 4.69) is 63.0 Å². The van der Waals surface area contributed by atoms with Crippen LogP contribution in [-0.4, -0.2) is 28.0 Å². The van der Waals surface area contributed by atoms with E-state index in [0.29, 0.717) is 0 Å². The van der Waals surface area contributed by atoms with Crippen LogP contribution in [0.2, 0.25) is 0 Å². The lowest BCUT2D eigenvalue weighted by Crippen LogP contribution is -2.35. The van der Waals surface area contributed by atoms with E-state index in [-0.39, 0.29) is 5.54 Å². The van der Waals surface area contributed by atoms with Crippen LogP contribution in [0.5, 0.6) is 0 Å². The molecule has 21 heavy (non-hydrogen) atoms. The van der Waals surface area contributed by atoms with Gasteiger partial charge in [0, 0.05) is 31.2 Å². The Kier molecular flexibility index (Phi) is 5.39. The standard InChI is InChI=1S/C18H31N3/c1-14(2)12-21(17-9-10-17)13-16-8-6-7-15(20-16)11-19-18(3,4)5/h6-8,14,17,19H,9-13H2,1-5H3. The molecule has 1 saturated carbocycles. The molecule has 3 nitrogen and oxygen atoms in total. The predicted octanol–water partition coefficient (Wildman–Crippen LogP) is 3.59. The highest BCUT2D eigenvalue weighted by atomic mass is 15.2. The van der Waals surface area contributed by atoms with Gasteiger partial charge in [-0.15, -0.1) is 0 Å². The van der Waals surface area contributed by atoms with Gasteiger partial charge in [0.15, 0.2) is 0 Å². The van der Waals surface area contributed by atoms with Crippen molar-refractivity contribution in [3.63, 3.8) is 0 Å². The molecule has 2 rings (SSSR count). The molecule has 1 aromatic heterocycles. The van der Waals surface area contributed by atoms with Crippen molar-refractivity contribution in [3.05, 3.63) is 29.6 Å². The van der Waals surface area contributed by atoms with Crippen molar-refractivity contribution in [3.8, 4) is 0 Å². The summed E-state index contributed by atoms with van der Waals surface area (Å²) in [6.07, 6.45) is 2.72. The van der Waals surface area contributed by atoms with Gasteiger partial charge in [0.25, 0.3) is 0 Å². The molecule has 1 heterocycles. The summed E-state index contributed by atoms with van der Waals surface area (Å²) in [7, 11) is 0. The van der Waals surface area contributed by atoms with Gasteiger partial charge in [-0.3, -0.25) is 9.88 Å². The lowest BCUT2D eigenvalue weighted by molar-refractivity contribution is 0.223. The molecule has 0 unspecified atom stereocenters. The average Bonchev–Trinajstić information content (AvgIpc) is 3.19. The van der Waals surface area contributed by atoms with Gasteiger partial charge in [0.05, 0.1) is 11.4 Å². The third-order valence-electron chi connectivity index (χ3n) is 3.69. The van der Waals surface area contributed by atoms with Gasteiger partial charge in [-0.25, -0.2) is 0 Å². The summed E-state index contributed by atoms with van der Waals surface area (Å²) in [6, 6.07) is 7.22. The zero-order chi connectivity index (χ0) is 15.5. The summed E-state index contributed by atoms with van der Waals surface area (Å²) in [4.78, 5) is 7.43. The van der Waals surface area contributed by atoms with Crippen LogP contribution in [0.3, 0.4) is 0 Å². The molecule has 3 heteroatoms. The number of rotatable bonds is 7. The predicted molar refractivity (Wildman–Crippen MR) is 89.1 cm³/mol. The summed E-state index contributed by atoms with van der Waals surface area (Å²) in [5.74, 6) is 0.719. The Bertz CT molecular complexity index is 444. The fourth-order valence-corrected chi connectivity index (χ4v) is 2.53. The molecule has 0 radical (unpaired) electrons. The number of pyridine rings is 1. The molecule has 0 spiro atoms. The largest absolute Gasteiger partial charge is 0.306 e. The van der Waals surface area contributed by atoms with E-state index in [4.69, 9.17) is 4.98 Å². The molecule has 1 aromatic rings. The second-order valence-electron chi connectivity index (χ2n) is 7.78. The first-order valence-corrected chi connectivity index (χ1v) is 8.27. The van der Waals surface area contributed by atoms with Crippen LogP contribution in [0.1, 0.15) is 58.8 Å². The molecule has 0 bridgehead atoms. The summed E-state index contributed by atoms with van der Waals surface area (Å²) < 4.78 is 0. The summed E-state index contributed by atoms with van der Waals surface area (Å²) >= 11 is 0. The van der Waals surface area contributed by atoms with Gasteiger partial charge in [-0.05, 0) is 51.7 Å². The van der Waals surface area contributed by atoms with Crippen molar-refractivity contribution in [1.29, 1.82) is 0 Å². The Morgan fingerprint density at radius 1 is 1.24 bits per heavy atom. The van der Waals surface area contributed by atoms with Gasteiger partial charge in [0.1, 0.15) is 0 Å². The highest BCUT2D eigenvalue weighted by Gasteiger charge is 2.29. The third-order valence-corrected chi connectivity index (χ3v) is 3.69. The van der Waals surface area contributed by atoms with Crippen LogP contribution in [0, 0.1) is 5.92 Å². The molecule has 1 N–H and O–H groups in total. The van der Waals surface area contributed by atoms with Crippen LogP contribution < -0.4 is 5.32 Å². The molecule has 1 aliphatic carbocycles. The van der Waals surface area contributed by atoms with E-state index in [1.807, 2.05) is 0 Å². The molecule has 0 amide bonds. The van der Waals surface area contributed by atoms with Crippen LogP contribution >= 0.6 is 0 Å². The molecular weight excluding hydrogens is 258 g/mol. The molecule has 0 aliphatic heterocycles. The Morgan fingerprint density at radius 3 is 2.48 bits per heavy atom. The fourth-order valence-electron chi connectivity index (χ4n) is 2.53. The number of nitrogens with zero attached hydrogens (tertiary/aromatic N) is 2. The molecule has 0 atom stereocenters. The van der Waals surface area contributed by atoms with E-state index in [1.54, 1.807) is 0 Å². The van der Waals surface area contributed by atoms with Crippen LogP contribution in [0.25, 0.3) is 0 Å². The Balaban J connectivity index is 1.96. The second-order valence-corrected chi connectivity index (χ2v) is 7.78. The van der Waals surface area contributed by atoms with Crippen molar-refractivity contribution in [1.82, 2.24) is 15.2 Å². The quantitative estimate of drug-likeness (QED) is 0.831. The molecule has 118 valence electrons. The second kappa shape index (κ2) is 6.89. The van der Waals surface area contributed by atoms with E-state index in [9.17, 15) is 0 Å². The van der Waals surface area contributed by atoms with Crippen molar-refractivity contribution in [2.45, 2.75) is 72.1 Å². The summed E-state index contributed by atoms with van der Waals surface area (Å²) in [6.45, 7) is 14.2. The third kappa shape index (κ3) is 6.15. The van der Waals surface area contributed by atoms with Gasteiger partial charge < -0.3 is 5.32 Å². The first kappa shape index (κ1) is 16.4. The SMILES string of the molecule is CC(C)CN(Cc1cccc(CNC(C)(C)C)n1)C1CC1. The lowest BCUT2D eigenvalue weighted by Gasteiger charge is -2.24. The average molecular weight is 289 g/mol. The molecular formula is C18H31N3. The van der Waals surface area contributed by atoms with Gasteiger partial charge >= 0.3 is 0 Å². The lowest BCUT2D eigenvalue weighted by atomic mass is 10.1. The Morgan fingerprint density at radius 2 is 1.90 bits per heavy atom. The highest BCUT2D eigenvalue weighted by molar-refractivity contribution is 5.12.